The first-order chi connectivity index (χ1) is 16.8. The highest BCUT2D eigenvalue weighted by Crippen LogP contribution is 2.29. The number of carbonyl (C=O) groups excluding carboxylic acids is 2. The van der Waals surface area contributed by atoms with Crippen LogP contribution in [-0.4, -0.2) is 64.5 Å². The highest BCUT2D eigenvalue weighted by atomic mass is 32.2. The van der Waals surface area contributed by atoms with Crippen molar-refractivity contribution in [2.45, 2.75) is 57.6 Å². The standard InChI is InChI=1S/C25H33N3O6S/c1-17-7-5-8-19(26)9-6-10-20(27-35-33-16-23(31)28-11-3-2-4-12-28)13-18-14-21(29)15-22(30)24(18)25(32)34-17/h5-6,8,10,14-15,17,19,29-30H,2-4,7,9,11-13,16,26H2,1H3/b8-5+,10-6+,27-20?/t17-,19+/m1/s1. The number of aromatic hydroxyl groups is 2. The quantitative estimate of drug-likeness (QED) is 0.187. The van der Waals surface area contributed by atoms with E-state index in [1.165, 1.54) is 6.07 Å². The van der Waals surface area contributed by atoms with Crippen molar-refractivity contribution in [1.29, 1.82) is 0 Å². The van der Waals surface area contributed by atoms with Gasteiger partial charge in [-0.05, 0) is 50.3 Å². The lowest BCUT2D eigenvalue weighted by molar-refractivity contribution is -0.133. The zero-order valence-electron chi connectivity index (χ0n) is 19.9. The van der Waals surface area contributed by atoms with Gasteiger partial charge in [0.05, 0.1) is 5.71 Å². The molecule has 2 heterocycles. The van der Waals surface area contributed by atoms with Crippen LogP contribution in [0.2, 0.25) is 0 Å². The lowest BCUT2D eigenvalue weighted by atomic mass is 9.99. The summed E-state index contributed by atoms with van der Waals surface area (Å²) in [6.45, 7) is 3.15. The van der Waals surface area contributed by atoms with E-state index in [-0.39, 0.29) is 42.0 Å². The van der Waals surface area contributed by atoms with Gasteiger partial charge in [-0.1, -0.05) is 18.2 Å². The molecule has 35 heavy (non-hydrogen) atoms. The third kappa shape index (κ3) is 8.41. The molecule has 0 aliphatic carbocycles. The van der Waals surface area contributed by atoms with Crippen LogP contribution >= 0.6 is 12.2 Å². The molecule has 0 saturated carbocycles. The molecule has 9 nitrogen and oxygen atoms in total. The predicted octanol–water partition coefficient (Wildman–Crippen LogP) is 3.45. The molecule has 4 N–H and O–H groups in total. The predicted molar refractivity (Wildman–Crippen MR) is 135 cm³/mol. The number of phenolic OH excluding ortho intramolecular Hbond substituents is 2. The number of fused-ring (bicyclic) bond motifs is 1. The summed E-state index contributed by atoms with van der Waals surface area (Å²) in [7, 11) is 0. The molecule has 2 atom stereocenters. The average molecular weight is 504 g/mol. The average Bonchev–Trinajstić information content (AvgIpc) is 2.81. The number of carbonyl (C=O) groups is 2. The Morgan fingerprint density at radius 1 is 1.23 bits per heavy atom. The largest absolute Gasteiger partial charge is 0.508 e. The molecule has 10 heteroatoms. The first-order valence-corrected chi connectivity index (χ1v) is 12.5. The maximum absolute atomic E-state index is 12.8. The molecule has 0 aromatic heterocycles. The Labute approximate surface area is 210 Å². The summed E-state index contributed by atoms with van der Waals surface area (Å²) >= 11 is 0.785. The topological polar surface area (TPSA) is 135 Å². The van der Waals surface area contributed by atoms with Crippen molar-refractivity contribution in [3.05, 3.63) is 47.6 Å². The summed E-state index contributed by atoms with van der Waals surface area (Å²) in [5.74, 6) is -1.33. The number of nitrogens with zero attached hydrogens (tertiary/aromatic N) is 2. The van der Waals surface area contributed by atoms with Crippen LogP contribution in [0.15, 0.2) is 40.8 Å². The highest BCUT2D eigenvalue weighted by Gasteiger charge is 2.22. The number of allylic oxidation sites excluding steroid dienone is 1. The Bertz CT molecular complexity index is 988. The zero-order valence-corrected chi connectivity index (χ0v) is 20.7. The van der Waals surface area contributed by atoms with Crippen LogP contribution in [0.4, 0.5) is 0 Å². The Balaban J connectivity index is 1.79. The van der Waals surface area contributed by atoms with E-state index in [0.717, 1.165) is 50.6 Å². The van der Waals surface area contributed by atoms with Crippen molar-refractivity contribution in [2.75, 3.05) is 19.7 Å². The molecule has 1 amide bonds. The second kappa shape index (κ2) is 13.3. The van der Waals surface area contributed by atoms with Crippen molar-refractivity contribution in [3.8, 4) is 11.5 Å². The molecule has 1 aromatic carbocycles. The van der Waals surface area contributed by atoms with E-state index in [2.05, 4.69) is 4.40 Å². The summed E-state index contributed by atoms with van der Waals surface area (Å²) in [6, 6.07) is 2.28. The second-order valence-corrected chi connectivity index (χ2v) is 9.29. The summed E-state index contributed by atoms with van der Waals surface area (Å²) in [4.78, 5) is 26.9. The number of phenols is 2. The number of hydrogen-bond acceptors (Lipinski definition) is 9. The van der Waals surface area contributed by atoms with Gasteiger partial charge >= 0.3 is 5.97 Å². The number of ether oxygens (including phenoxy) is 1. The van der Waals surface area contributed by atoms with Crippen molar-refractivity contribution >= 4 is 29.8 Å². The number of benzene rings is 1. The Kier molecular flexibility index (Phi) is 10.2. The fraction of sp³-hybridized carbons (Fsp3) is 0.480. The van der Waals surface area contributed by atoms with Gasteiger partial charge in [-0.25, -0.2) is 4.79 Å². The molecular weight excluding hydrogens is 470 g/mol. The van der Waals surface area contributed by atoms with Crippen molar-refractivity contribution in [2.24, 2.45) is 10.1 Å². The maximum atomic E-state index is 12.8. The van der Waals surface area contributed by atoms with Crippen LogP contribution in [0, 0.1) is 0 Å². The second-order valence-electron chi connectivity index (χ2n) is 8.72. The van der Waals surface area contributed by atoms with Crippen LogP contribution in [0.25, 0.3) is 0 Å². The monoisotopic (exact) mass is 503 g/mol. The Morgan fingerprint density at radius 2 is 2.00 bits per heavy atom. The molecule has 1 aromatic rings. The van der Waals surface area contributed by atoms with Gasteiger partial charge in [-0.3, -0.25) is 8.98 Å². The summed E-state index contributed by atoms with van der Waals surface area (Å²) in [5.41, 5.74) is 6.95. The molecule has 2 aliphatic rings. The molecule has 0 spiro atoms. The van der Waals surface area contributed by atoms with Gasteiger partial charge in [0.25, 0.3) is 0 Å². The third-order valence-corrected chi connectivity index (χ3v) is 6.27. The molecule has 0 unspecified atom stereocenters. The molecule has 0 radical (unpaired) electrons. The summed E-state index contributed by atoms with van der Waals surface area (Å²) in [5, 5.41) is 20.4. The Morgan fingerprint density at radius 3 is 2.77 bits per heavy atom. The number of cyclic esters (lactones) is 1. The minimum atomic E-state index is -0.695. The van der Waals surface area contributed by atoms with E-state index in [1.54, 1.807) is 17.9 Å². The van der Waals surface area contributed by atoms with Gasteiger partial charge in [0.15, 0.2) is 0 Å². The summed E-state index contributed by atoms with van der Waals surface area (Å²) in [6.07, 6.45) is 11.2. The Hall–Kier alpha value is -2.82. The van der Waals surface area contributed by atoms with Crippen LogP contribution in [0.1, 0.15) is 54.9 Å². The normalized spacial score (nSPS) is 24.8. The first kappa shape index (κ1) is 26.8. The molecule has 2 aliphatic heterocycles. The minimum absolute atomic E-state index is 0.0281. The van der Waals surface area contributed by atoms with Gasteiger partial charge in [0.2, 0.25) is 5.91 Å². The molecule has 3 rings (SSSR count). The van der Waals surface area contributed by atoms with E-state index < -0.39 is 12.1 Å². The van der Waals surface area contributed by atoms with Gasteiger partial charge in [0, 0.05) is 38.0 Å². The molecule has 0 bridgehead atoms. The number of likely N-dealkylation sites (tertiary alicyclic amines) is 1. The SMILES string of the molecule is C[C@@H]1C/C=C/[C@H](N)C/C=C/C(=NSOCC(=O)N2CCCCC2)Cc2cc(O)cc(O)c2C(=O)O1. The first-order valence-electron chi connectivity index (χ1n) is 11.8. The fourth-order valence-electron chi connectivity index (χ4n) is 3.92. The zero-order chi connectivity index (χ0) is 25.2. The smallest absolute Gasteiger partial charge is 0.342 e. The van der Waals surface area contributed by atoms with Gasteiger partial charge in [-0.15, -0.1) is 0 Å². The number of esters is 1. The van der Waals surface area contributed by atoms with Crippen molar-refractivity contribution in [3.63, 3.8) is 0 Å². The number of rotatable bonds is 4. The van der Waals surface area contributed by atoms with Crippen molar-refractivity contribution < 1.29 is 28.7 Å². The van der Waals surface area contributed by atoms with Crippen LogP contribution in [-0.2, 0) is 20.1 Å². The van der Waals surface area contributed by atoms with E-state index in [4.69, 9.17) is 14.7 Å². The summed E-state index contributed by atoms with van der Waals surface area (Å²) < 4.78 is 15.3. The minimum Gasteiger partial charge on any atom is -0.508 e. The van der Waals surface area contributed by atoms with Gasteiger partial charge in [-0.2, -0.15) is 4.40 Å². The molecule has 190 valence electrons. The highest BCUT2D eigenvalue weighted by molar-refractivity contribution is 7.93. The van der Waals surface area contributed by atoms with E-state index in [9.17, 15) is 19.8 Å². The van der Waals surface area contributed by atoms with Crippen LogP contribution in [0.3, 0.4) is 0 Å². The van der Waals surface area contributed by atoms with Crippen LogP contribution in [0.5, 0.6) is 11.5 Å². The fourth-order valence-corrected chi connectivity index (χ4v) is 4.35. The van der Waals surface area contributed by atoms with Gasteiger partial charge in [0.1, 0.15) is 42.0 Å². The van der Waals surface area contributed by atoms with Crippen LogP contribution < -0.4 is 5.73 Å². The number of hydrogen-bond donors (Lipinski definition) is 3. The van der Waals surface area contributed by atoms with Crippen molar-refractivity contribution in [1.82, 2.24) is 4.90 Å². The van der Waals surface area contributed by atoms with Gasteiger partial charge < -0.3 is 25.6 Å². The lowest BCUT2D eigenvalue weighted by Gasteiger charge is -2.26. The molecule has 1 saturated heterocycles. The van der Waals surface area contributed by atoms with E-state index >= 15 is 0 Å². The molecular formula is C25H33N3O6S. The van der Waals surface area contributed by atoms with E-state index in [0.29, 0.717) is 24.1 Å². The van der Waals surface area contributed by atoms with E-state index in [1.807, 2.05) is 18.2 Å². The molecule has 1 fully saturated rings. The third-order valence-electron chi connectivity index (χ3n) is 5.74. The maximum Gasteiger partial charge on any atom is 0.342 e. The number of piperidine rings is 1. The lowest BCUT2D eigenvalue weighted by Crippen LogP contribution is -2.37. The number of nitrogens with two attached hydrogens (primary N) is 1. The number of amides is 1.